The SMILES string of the molecule is C=CCC[C@@]1(C)OC[C@@H](c2ccccc2)O1. The smallest absolute Gasteiger partial charge is 0.166 e. The molecule has 1 aliphatic rings. The summed E-state index contributed by atoms with van der Waals surface area (Å²) in [4.78, 5) is 0. The first-order chi connectivity index (χ1) is 7.73. The fourth-order valence-corrected chi connectivity index (χ4v) is 1.95. The maximum atomic E-state index is 5.97. The number of allylic oxidation sites excluding steroid dienone is 1. The molecule has 16 heavy (non-hydrogen) atoms. The Kier molecular flexibility index (Phi) is 3.42. The molecule has 2 nitrogen and oxygen atoms in total. The summed E-state index contributed by atoms with van der Waals surface area (Å²) in [6, 6.07) is 10.2. The lowest BCUT2D eigenvalue weighted by Crippen LogP contribution is -2.25. The Balaban J connectivity index is 2.00. The molecule has 1 fully saturated rings. The van der Waals surface area contributed by atoms with Crippen molar-refractivity contribution in [1.29, 1.82) is 0 Å². The molecule has 0 aliphatic carbocycles. The Labute approximate surface area is 96.9 Å². The third kappa shape index (κ3) is 2.52. The van der Waals surface area contributed by atoms with E-state index >= 15 is 0 Å². The van der Waals surface area contributed by atoms with Gasteiger partial charge in [0.25, 0.3) is 0 Å². The van der Waals surface area contributed by atoms with Gasteiger partial charge in [0.15, 0.2) is 5.79 Å². The molecular weight excluding hydrogens is 200 g/mol. The van der Waals surface area contributed by atoms with Crippen molar-refractivity contribution in [2.45, 2.75) is 31.7 Å². The van der Waals surface area contributed by atoms with Gasteiger partial charge in [-0.1, -0.05) is 36.4 Å². The standard InChI is InChI=1S/C14H18O2/c1-3-4-10-14(2)15-11-13(16-14)12-8-6-5-7-9-12/h3,5-9,13H,1,4,10-11H2,2H3/t13-,14-/m0/s1. The summed E-state index contributed by atoms with van der Waals surface area (Å²) in [5.41, 5.74) is 1.19. The number of hydrogen-bond acceptors (Lipinski definition) is 2. The molecule has 0 N–H and O–H groups in total. The van der Waals surface area contributed by atoms with Crippen molar-refractivity contribution >= 4 is 0 Å². The summed E-state index contributed by atoms with van der Waals surface area (Å²) in [5, 5.41) is 0. The largest absolute Gasteiger partial charge is 0.347 e. The van der Waals surface area contributed by atoms with Crippen LogP contribution in [0.3, 0.4) is 0 Å². The highest BCUT2D eigenvalue weighted by Crippen LogP contribution is 2.35. The van der Waals surface area contributed by atoms with Gasteiger partial charge in [0, 0.05) is 6.42 Å². The van der Waals surface area contributed by atoms with Gasteiger partial charge in [-0.25, -0.2) is 0 Å². The minimum absolute atomic E-state index is 0.0658. The van der Waals surface area contributed by atoms with Gasteiger partial charge >= 0.3 is 0 Å². The highest BCUT2D eigenvalue weighted by molar-refractivity contribution is 5.18. The molecule has 2 heteroatoms. The van der Waals surface area contributed by atoms with E-state index in [4.69, 9.17) is 9.47 Å². The first-order valence-corrected chi connectivity index (χ1v) is 5.71. The summed E-state index contributed by atoms with van der Waals surface area (Å²) < 4.78 is 11.7. The zero-order valence-corrected chi connectivity index (χ0v) is 9.69. The first-order valence-electron chi connectivity index (χ1n) is 5.71. The van der Waals surface area contributed by atoms with Crippen LogP contribution in [-0.2, 0) is 9.47 Å². The number of benzene rings is 1. The number of hydrogen-bond donors (Lipinski definition) is 0. The second kappa shape index (κ2) is 4.81. The number of rotatable bonds is 4. The van der Waals surface area contributed by atoms with Gasteiger partial charge in [-0.05, 0) is 18.9 Å². The second-order valence-corrected chi connectivity index (χ2v) is 4.29. The predicted molar refractivity (Wildman–Crippen MR) is 64.1 cm³/mol. The van der Waals surface area contributed by atoms with Crippen LogP contribution in [0, 0.1) is 0 Å². The van der Waals surface area contributed by atoms with E-state index < -0.39 is 5.79 Å². The van der Waals surface area contributed by atoms with E-state index in [0.717, 1.165) is 12.8 Å². The maximum absolute atomic E-state index is 5.97. The summed E-state index contributed by atoms with van der Waals surface area (Å²) in [6.45, 7) is 6.35. The molecule has 1 aromatic rings. The van der Waals surface area contributed by atoms with E-state index in [1.54, 1.807) is 0 Å². The summed E-state index contributed by atoms with van der Waals surface area (Å²) >= 11 is 0. The lowest BCUT2D eigenvalue weighted by atomic mass is 10.1. The van der Waals surface area contributed by atoms with Gasteiger partial charge in [-0.3, -0.25) is 0 Å². The van der Waals surface area contributed by atoms with Crippen molar-refractivity contribution < 1.29 is 9.47 Å². The molecule has 0 radical (unpaired) electrons. The summed E-state index contributed by atoms with van der Waals surface area (Å²) in [6.07, 6.45) is 3.74. The second-order valence-electron chi connectivity index (χ2n) is 4.29. The van der Waals surface area contributed by atoms with Crippen molar-refractivity contribution in [1.82, 2.24) is 0 Å². The van der Waals surface area contributed by atoms with Crippen LogP contribution in [-0.4, -0.2) is 12.4 Å². The molecule has 1 heterocycles. The van der Waals surface area contributed by atoms with E-state index in [-0.39, 0.29) is 6.10 Å². The molecule has 86 valence electrons. The number of ether oxygens (including phenoxy) is 2. The van der Waals surface area contributed by atoms with E-state index in [2.05, 4.69) is 18.7 Å². The average Bonchev–Trinajstić information content (AvgIpc) is 2.71. The van der Waals surface area contributed by atoms with E-state index in [1.165, 1.54) is 5.56 Å². The van der Waals surface area contributed by atoms with Crippen molar-refractivity contribution in [3.63, 3.8) is 0 Å². The Bertz CT molecular complexity index is 347. The third-order valence-corrected chi connectivity index (χ3v) is 2.91. The quantitative estimate of drug-likeness (QED) is 0.720. The zero-order valence-electron chi connectivity index (χ0n) is 9.69. The Morgan fingerprint density at radius 3 is 2.88 bits per heavy atom. The van der Waals surface area contributed by atoms with Crippen LogP contribution < -0.4 is 0 Å². The predicted octanol–water partition coefficient (Wildman–Crippen LogP) is 3.46. The molecule has 0 saturated carbocycles. The minimum Gasteiger partial charge on any atom is -0.347 e. The van der Waals surface area contributed by atoms with E-state index in [1.807, 2.05) is 31.2 Å². The van der Waals surface area contributed by atoms with Crippen LogP contribution in [0.1, 0.15) is 31.4 Å². The Morgan fingerprint density at radius 1 is 1.44 bits per heavy atom. The van der Waals surface area contributed by atoms with Crippen LogP contribution in [0.25, 0.3) is 0 Å². The summed E-state index contributed by atoms with van der Waals surface area (Å²) in [7, 11) is 0. The van der Waals surface area contributed by atoms with Crippen LogP contribution in [0.2, 0.25) is 0 Å². The van der Waals surface area contributed by atoms with Crippen LogP contribution in [0.4, 0.5) is 0 Å². The third-order valence-electron chi connectivity index (χ3n) is 2.91. The van der Waals surface area contributed by atoms with E-state index in [0.29, 0.717) is 6.61 Å². The molecule has 0 spiro atoms. The maximum Gasteiger partial charge on any atom is 0.166 e. The normalized spacial score (nSPS) is 29.2. The van der Waals surface area contributed by atoms with Crippen molar-refractivity contribution in [3.05, 3.63) is 48.6 Å². The monoisotopic (exact) mass is 218 g/mol. The van der Waals surface area contributed by atoms with Gasteiger partial charge in [-0.2, -0.15) is 0 Å². The molecule has 0 bridgehead atoms. The van der Waals surface area contributed by atoms with Gasteiger partial charge < -0.3 is 9.47 Å². The minimum atomic E-state index is -0.450. The fourth-order valence-electron chi connectivity index (χ4n) is 1.95. The van der Waals surface area contributed by atoms with Gasteiger partial charge in [0.05, 0.1) is 6.61 Å². The lowest BCUT2D eigenvalue weighted by molar-refractivity contribution is -0.158. The van der Waals surface area contributed by atoms with Gasteiger partial charge in [0.2, 0.25) is 0 Å². The lowest BCUT2D eigenvalue weighted by Gasteiger charge is -2.22. The highest BCUT2D eigenvalue weighted by Gasteiger charge is 2.36. The Hall–Kier alpha value is -1.12. The molecule has 1 aromatic carbocycles. The molecule has 1 aliphatic heterocycles. The highest BCUT2D eigenvalue weighted by atomic mass is 16.7. The summed E-state index contributed by atoms with van der Waals surface area (Å²) in [5.74, 6) is -0.450. The van der Waals surface area contributed by atoms with Crippen molar-refractivity contribution in [3.8, 4) is 0 Å². The molecule has 0 amide bonds. The van der Waals surface area contributed by atoms with Gasteiger partial charge in [-0.15, -0.1) is 6.58 Å². The molecule has 1 saturated heterocycles. The van der Waals surface area contributed by atoms with Crippen molar-refractivity contribution in [2.24, 2.45) is 0 Å². The average molecular weight is 218 g/mol. The topological polar surface area (TPSA) is 18.5 Å². The molecule has 0 unspecified atom stereocenters. The molecule has 2 rings (SSSR count). The van der Waals surface area contributed by atoms with Crippen LogP contribution in [0.5, 0.6) is 0 Å². The van der Waals surface area contributed by atoms with Crippen LogP contribution >= 0.6 is 0 Å². The van der Waals surface area contributed by atoms with E-state index in [9.17, 15) is 0 Å². The van der Waals surface area contributed by atoms with Crippen molar-refractivity contribution in [2.75, 3.05) is 6.61 Å². The van der Waals surface area contributed by atoms with Crippen LogP contribution in [0.15, 0.2) is 43.0 Å². The Morgan fingerprint density at radius 2 is 2.19 bits per heavy atom. The molecule has 0 aromatic heterocycles. The molecule has 2 atom stereocenters. The first kappa shape index (κ1) is 11.4. The molecular formula is C14H18O2. The zero-order chi connectivity index (χ0) is 11.4. The fraction of sp³-hybridized carbons (Fsp3) is 0.429. The van der Waals surface area contributed by atoms with Gasteiger partial charge in [0.1, 0.15) is 6.10 Å².